The second kappa shape index (κ2) is 10.4. The summed E-state index contributed by atoms with van der Waals surface area (Å²) < 4.78 is 3.07. The summed E-state index contributed by atoms with van der Waals surface area (Å²) in [4.78, 5) is 36.2. The van der Waals surface area contributed by atoms with Gasteiger partial charge >= 0.3 is 0 Å². The number of benzene rings is 2. The lowest BCUT2D eigenvalue weighted by molar-refractivity contribution is 0.0941. The topological polar surface area (TPSA) is 120 Å². The highest BCUT2D eigenvalue weighted by Gasteiger charge is 2.23. The molecule has 0 saturated heterocycles. The highest BCUT2D eigenvalue weighted by molar-refractivity contribution is 6.04. The van der Waals surface area contributed by atoms with Crippen molar-refractivity contribution in [3.8, 4) is 17.5 Å². The minimum absolute atomic E-state index is 0.0688. The molecule has 0 radical (unpaired) electrons. The van der Waals surface area contributed by atoms with Crippen molar-refractivity contribution in [2.45, 2.75) is 19.9 Å². The van der Waals surface area contributed by atoms with Crippen LogP contribution in [0.2, 0.25) is 0 Å². The molecule has 1 amide bonds. The van der Waals surface area contributed by atoms with E-state index >= 15 is 0 Å². The molecule has 9 nitrogen and oxygen atoms in total. The number of nitrogens with zero attached hydrogens (tertiary/aromatic N) is 5. The highest BCUT2D eigenvalue weighted by Crippen LogP contribution is 2.24. The molecule has 3 N–H and O–H groups in total. The molecule has 0 fully saturated rings. The molecule has 0 aliphatic heterocycles. The molecule has 0 aliphatic carbocycles. The van der Waals surface area contributed by atoms with E-state index in [1.165, 1.54) is 4.52 Å². The number of pyridine rings is 2. The lowest BCUT2D eigenvalue weighted by atomic mass is 10.0. The first kappa shape index (κ1) is 25.5. The van der Waals surface area contributed by atoms with Crippen molar-refractivity contribution in [1.29, 1.82) is 0 Å². The Bertz CT molecular complexity index is 2050. The Balaban J connectivity index is 1.47. The summed E-state index contributed by atoms with van der Waals surface area (Å²) >= 11 is 0. The molecule has 200 valence electrons. The molecule has 4 aromatic heterocycles. The first-order chi connectivity index (χ1) is 19.9. The van der Waals surface area contributed by atoms with E-state index in [9.17, 15) is 9.59 Å². The number of nitrogen functional groups attached to an aromatic ring is 1. The number of anilines is 1. The second-order valence-electron chi connectivity index (χ2n) is 9.60. The monoisotopic (exact) mass is 539 g/mol. The molecule has 6 aromatic rings. The average molecular weight is 540 g/mol. The summed E-state index contributed by atoms with van der Waals surface area (Å²) in [6, 6.07) is 21.7. The van der Waals surface area contributed by atoms with Crippen LogP contribution in [0.1, 0.15) is 45.8 Å². The Morgan fingerprint density at radius 1 is 1.00 bits per heavy atom. The Morgan fingerprint density at radius 3 is 2.61 bits per heavy atom. The number of carbonyl (C=O) groups is 1. The second-order valence-corrected chi connectivity index (χ2v) is 9.60. The van der Waals surface area contributed by atoms with Gasteiger partial charge in [-0.15, -0.1) is 5.10 Å². The number of aromatic nitrogens is 5. The summed E-state index contributed by atoms with van der Waals surface area (Å²) in [6.07, 6.45) is 4.96. The molecular weight excluding hydrogens is 514 g/mol. The minimum Gasteiger partial charge on any atom is -0.381 e. The lowest BCUT2D eigenvalue weighted by Crippen LogP contribution is -2.32. The van der Waals surface area contributed by atoms with Crippen molar-refractivity contribution >= 4 is 28.1 Å². The number of rotatable bonds is 4. The van der Waals surface area contributed by atoms with Crippen molar-refractivity contribution in [2.75, 3.05) is 5.73 Å². The van der Waals surface area contributed by atoms with Crippen LogP contribution in [-0.2, 0) is 0 Å². The quantitative estimate of drug-likeness (QED) is 0.324. The summed E-state index contributed by atoms with van der Waals surface area (Å²) in [5, 5.41) is 8.38. The van der Waals surface area contributed by atoms with Crippen LogP contribution >= 0.6 is 0 Å². The molecule has 0 saturated carbocycles. The van der Waals surface area contributed by atoms with Crippen LogP contribution in [0.4, 0.5) is 5.82 Å². The molecular formula is C32H25N7O2. The normalized spacial score (nSPS) is 11.7. The number of hydrogen-bond acceptors (Lipinski definition) is 6. The Morgan fingerprint density at radius 2 is 1.83 bits per heavy atom. The van der Waals surface area contributed by atoms with Gasteiger partial charge in [0.15, 0.2) is 11.5 Å². The number of aryl methyl sites for hydroxylation is 1. The highest BCUT2D eigenvalue weighted by atomic mass is 16.2. The largest absolute Gasteiger partial charge is 0.381 e. The van der Waals surface area contributed by atoms with Crippen molar-refractivity contribution < 1.29 is 4.79 Å². The van der Waals surface area contributed by atoms with Crippen LogP contribution in [0.15, 0.2) is 96.2 Å². The van der Waals surface area contributed by atoms with E-state index in [0.717, 1.165) is 11.3 Å². The van der Waals surface area contributed by atoms with E-state index in [1.807, 2.05) is 80.6 Å². The SMILES string of the molecule is Cc1ccc(C#Cc2cccc3cc([C@@H](C)NC(=O)c4c(N)nn5cccnc45)n(-c4ccccc4)c(=O)c23)cn1. The molecule has 1 atom stereocenters. The number of amides is 1. The maximum Gasteiger partial charge on any atom is 0.264 e. The number of fused-ring (bicyclic) bond motifs is 2. The molecule has 6 rings (SSSR count). The van der Waals surface area contributed by atoms with Gasteiger partial charge in [0.2, 0.25) is 0 Å². The number of nitrogens with one attached hydrogen (secondary N) is 1. The standard InChI is InChI=1S/C32H25N7O2/c1-20-12-13-22(19-35-20)14-15-23-8-6-9-24-18-26(39(32(41)27(23)24)25-10-4-3-5-11-25)21(2)36-31(40)28-29(33)37-38-17-7-16-34-30(28)38/h3-13,16-19,21H,1-2H3,(H2,33,37)(H,36,40)/t21-/m1/s1. The molecule has 0 aliphatic rings. The average Bonchev–Trinajstić information content (AvgIpc) is 3.32. The van der Waals surface area contributed by atoms with Gasteiger partial charge in [-0.05, 0) is 61.7 Å². The van der Waals surface area contributed by atoms with Crippen LogP contribution in [0, 0.1) is 18.8 Å². The third-order valence-corrected chi connectivity index (χ3v) is 6.78. The van der Waals surface area contributed by atoms with Crippen LogP contribution in [-0.4, -0.2) is 30.1 Å². The lowest BCUT2D eigenvalue weighted by Gasteiger charge is -2.21. The third kappa shape index (κ3) is 4.79. The third-order valence-electron chi connectivity index (χ3n) is 6.78. The van der Waals surface area contributed by atoms with Gasteiger partial charge in [-0.2, -0.15) is 0 Å². The zero-order chi connectivity index (χ0) is 28.5. The van der Waals surface area contributed by atoms with Crippen molar-refractivity contribution in [1.82, 2.24) is 29.5 Å². The Kier molecular flexibility index (Phi) is 6.49. The van der Waals surface area contributed by atoms with Gasteiger partial charge in [0, 0.05) is 46.8 Å². The zero-order valence-electron chi connectivity index (χ0n) is 22.4. The van der Waals surface area contributed by atoms with Gasteiger partial charge in [-0.3, -0.25) is 19.1 Å². The van der Waals surface area contributed by atoms with E-state index in [0.29, 0.717) is 33.4 Å². The molecule has 41 heavy (non-hydrogen) atoms. The van der Waals surface area contributed by atoms with E-state index in [1.54, 1.807) is 29.2 Å². The molecule has 4 heterocycles. The van der Waals surface area contributed by atoms with Crippen LogP contribution in [0.25, 0.3) is 22.1 Å². The van der Waals surface area contributed by atoms with Gasteiger partial charge in [-0.1, -0.05) is 42.2 Å². The van der Waals surface area contributed by atoms with Gasteiger partial charge in [0.1, 0.15) is 5.56 Å². The van der Waals surface area contributed by atoms with Crippen molar-refractivity contribution in [2.24, 2.45) is 0 Å². The van der Waals surface area contributed by atoms with E-state index in [-0.39, 0.29) is 16.9 Å². The minimum atomic E-state index is -0.578. The van der Waals surface area contributed by atoms with Gasteiger partial charge < -0.3 is 11.1 Å². The maximum atomic E-state index is 14.2. The molecule has 0 bridgehead atoms. The van der Waals surface area contributed by atoms with Crippen molar-refractivity contribution in [3.05, 3.63) is 130 Å². The Labute approximate surface area is 235 Å². The number of carbonyl (C=O) groups excluding carboxylic acids is 1. The summed E-state index contributed by atoms with van der Waals surface area (Å²) in [5.74, 6) is 5.91. The van der Waals surface area contributed by atoms with Crippen LogP contribution in [0.5, 0.6) is 0 Å². The number of hydrogen-bond donors (Lipinski definition) is 2. The van der Waals surface area contributed by atoms with E-state index in [4.69, 9.17) is 5.73 Å². The first-order valence-corrected chi connectivity index (χ1v) is 13.0. The summed E-state index contributed by atoms with van der Waals surface area (Å²) in [6.45, 7) is 3.74. The number of nitrogens with two attached hydrogens (primary N) is 1. The predicted molar refractivity (Wildman–Crippen MR) is 158 cm³/mol. The van der Waals surface area contributed by atoms with E-state index in [2.05, 4.69) is 32.2 Å². The Hall–Kier alpha value is -5.75. The molecule has 0 spiro atoms. The van der Waals surface area contributed by atoms with Crippen molar-refractivity contribution in [3.63, 3.8) is 0 Å². The van der Waals surface area contributed by atoms with Gasteiger partial charge in [0.05, 0.1) is 11.4 Å². The molecule has 0 unspecified atom stereocenters. The van der Waals surface area contributed by atoms with Crippen LogP contribution < -0.4 is 16.6 Å². The fourth-order valence-electron chi connectivity index (χ4n) is 4.79. The fraction of sp³-hybridized carbons (Fsp3) is 0.0938. The fourth-order valence-corrected chi connectivity index (χ4v) is 4.79. The van der Waals surface area contributed by atoms with Crippen LogP contribution in [0.3, 0.4) is 0 Å². The summed E-state index contributed by atoms with van der Waals surface area (Å²) in [7, 11) is 0. The zero-order valence-corrected chi connectivity index (χ0v) is 22.4. The molecule has 9 heteroatoms. The first-order valence-electron chi connectivity index (χ1n) is 13.0. The predicted octanol–water partition coefficient (Wildman–Crippen LogP) is 4.21. The summed E-state index contributed by atoms with van der Waals surface area (Å²) in [5.41, 5.74) is 9.88. The van der Waals surface area contributed by atoms with Gasteiger partial charge in [-0.25, -0.2) is 9.50 Å². The number of para-hydroxylation sites is 1. The molecule has 2 aromatic carbocycles. The maximum absolute atomic E-state index is 14.2. The van der Waals surface area contributed by atoms with E-state index < -0.39 is 11.9 Å². The smallest absolute Gasteiger partial charge is 0.264 e. The van der Waals surface area contributed by atoms with Gasteiger partial charge in [0.25, 0.3) is 11.5 Å².